The van der Waals surface area contributed by atoms with Crippen LogP contribution in [-0.4, -0.2) is 16.2 Å². The van der Waals surface area contributed by atoms with E-state index >= 15 is 0 Å². The van der Waals surface area contributed by atoms with E-state index in [2.05, 4.69) is 4.98 Å². The Hall–Kier alpha value is -0.760. The molecule has 0 amide bonds. The molecule has 0 radical (unpaired) electrons. The molecular formula is C7H11NO. The van der Waals surface area contributed by atoms with E-state index in [1.54, 1.807) is 6.92 Å². The Balaban J connectivity index is 2.48. The molecule has 1 aromatic heterocycles. The number of nitrogens with one attached hydrogen (secondary N) is 1. The highest BCUT2D eigenvalue weighted by atomic mass is 16.3. The number of aliphatic hydroxyl groups excluding tert-OH is 1. The quantitative estimate of drug-likeness (QED) is 0.606. The van der Waals surface area contributed by atoms with Crippen molar-refractivity contribution in [3.63, 3.8) is 0 Å². The van der Waals surface area contributed by atoms with Crippen molar-refractivity contribution in [2.75, 3.05) is 0 Å². The van der Waals surface area contributed by atoms with E-state index in [0.717, 1.165) is 5.69 Å². The molecule has 0 aliphatic heterocycles. The summed E-state index contributed by atoms with van der Waals surface area (Å²) < 4.78 is 0. The Bertz CT molecular complexity index is 155. The first-order valence-electron chi connectivity index (χ1n) is 3.09. The predicted molar refractivity (Wildman–Crippen MR) is 36.2 cm³/mol. The van der Waals surface area contributed by atoms with Gasteiger partial charge >= 0.3 is 0 Å². The van der Waals surface area contributed by atoms with Crippen LogP contribution in [0.1, 0.15) is 12.6 Å². The lowest BCUT2D eigenvalue weighted by atomic mass is 10.2. The van der Waals surface area contributed by atoms with Crippen LogP contribution in [0.4, 0.5) is 0 Å². The molecule has 1 aromatic rings. The van der Waals surface area contributed by atoms with Crippen LogP contribution < -0.4 is 0 Å². The largest absolute Gasteiger partial charge is 0.393 e. The Labute approximate surface area is 54.5 Å². The molecule has 0 saturated carbocycles. The summed E-state index contributed by atoms with van der Waals surface area (Å²) in [5.74, 6) is 0. The van der Waals surface area contributed by atoms with Crippen molar-refractivity contribution in [1.82, 2.24) is 4.98 Å². The molecular weight excluding hydrogens is 114 g/mol. The molecule has 0 unspecified atom stereocenters. The Morgan fingerprint density at radius 3 is 3.00 bits per heavy atom. The molecule has 9 heavy (non-hydrogen) atoms. The molecule has 0 aliphatic rings. The first-order chi connectivity index (χ1) is 4.29. The fourth-order valence-electron chi connectivity index (χ4n) is 0.813. The van der Waals surface area contributed by atoms with Crippen molar-refractivity contribution in [3.8, 4) is 0 Å². The monoisotopic (exact) mass is 125 g/mol. The molecule has 2 nitrogen and oxygen atoms in total. The maximum atomic E-state index is 8.90. The molecule has 1 rings (SSSR count). The van der Waals surface area contributed by atoms with E-state index in [4.69, 9.17) is 5.11 Å². The summed E-state index contributed by atoms with van der Waals surface area (Å²) in [4.78, 5) is 3.01. The Kier molecular flexibility index (Phi) is 1.90. The van der Waals surface area contributed by atoms with Crippen LogP contribution >= 0.6 is 0 Å². The van der Waals surface area contributed by atoms with Gasteiger partial charge in [0.2, 0.25) is 0 Å². The van der Waals surface area contributed by atoms with Crippen molar-refractivity contribution < 1.29 is 5.11 Å². The molecule has 1 atom stereocenters. The van der Waals surface area contributed by atoms with Gasteiger partial charge in [-0.2, -0.15) is 0 Å². The lowest BCUT2D eigenvalue weighted by Gasteiger charge is -1.98. The highest BCUT2D eigenvalue weighted by Gasteiger charge is 1.96. The number of aromatic amines is 1. The summed E-state index contributed by atoms with van der Waals surface area (Å²) in [6.07, 6.45) is 2.33. The number of hydrogen-bond acceptors (Lipinski definition) is 1. The Morgan fingerprint density at radius 1 is 1.78 bits per heavy atom. The number of aromatic nitrogens is 1. The minimum absolute atomic E-state index is 0.247. The fourth-order valence-corrected chi connectivity index (χ4v) is 0.813. The average molecular weight is 125 g/mol. The summed E-state index contributed by atoms with van der Waals surface area (Å²) in [5.41, 5.74) is 1.09. The number of aliphatic hydroxyl groups is 1. The van der Waals surface area contributed by atoms with Gasteiger partial charge < -0.3 is 10.1 Å². The van der Waals surface area contributed by atoms with Gasteiger partial charge in [0.25, 0.3) is 0 Å². The molecule has 1 heterocycles. The fraction of sp³-hybridized carbons (Fsp3) is 0.429. The topological polar surface area (TPSA) is 36.0 Å². The smallest absolute Gasteiger partial charge is 0.0566 e. The van der Waals surface area contributed by atoms with E-state index < -0.39 is 0 Å². The lowest BCUT2D eigenvalue weighted by Crippen LogP contribution is -2.03. The first kappa shape index (κ1) is 6.36. The van der Waals surface area contributed by atoms with Crippen molar-refractivity contribution in [1.29, 1.82) is 0 Å². The maximum Gasteiger partial charge on any atom is 0.0566 e. The van der Waals surface area contributed by atoms with Gasteiger partial charge in [0.05, 0.1) is 6.10 Å². The van der Waals surface area contributed by atoms with Gasteiger partial charge in [0.1, 0.15) is 0 Å². The van der Waals surface area contributed by atoms with Crippen LogP contribution in [0.2, 0.25) is 0 Å². The van der Waals surface area contributed by atoms with Crippen molar-refractivity contribution in [3.05, 3.63) is 24.0 Å². The second-order valence-corrected chi connectivity index (χ2v) is 2.25. The first-order valence-corrected chi connectivity index (χ1v) is 3.09. The number of H-pyrrole nitrogens is 1. The Morgan fingerprint density at radius 2 is 2.56 bits per heavy atom. The van der Waals surface area contributed by atoms with Crippen LogP contribution in [0.15, 0.2) is 18.3 Å². The second kappa shape index (κ2) is 2.69. The molecule has 0 saturated heterocycles. The molecule has 0 bridgehead atoms. The lowest BCUT2D eigenvalue weighted by molar-refractivity contribution is 0.194. The van der Waals surface area contributed by atoms with Gasteiger partial charge in [0, 0.05) is 18.3 Å². The summed E-state index contributed by atoms with van der Waals surface area (Å²) in [5, 5.41) is 8.90. The van der Waals surface area contributed by atoms with Crippen molar-refractivity contribution >= 4 is 0 Å². The minimum Gasteiger partial charge on any atom is -0.393 e. The van der Waals surface area contributed by atoms with E-state index in [0.29, 0.717) is 6.42 Å². The third kappa shape index (κ3) is 1.90. The van der Waals surface area contributed by atoms with E-state index in [9.17, 15) is 0 Å². The third-order valence-corrected chi connectivity index (χ3v) is 1.18. The van der Waals surface area contributed by atoms with E-state index in [1.165, 1.54) is 0 Å². The summed E-state index contributed by atoms with van der Waals surface area (Å²) in [7, 11) is 0. The zero-order valence-corrected chi connectivity index (χ0v) is 5.46. The summed E-state index contributed by atoms with van der Waals surface area (Å²) in [6.45, 7) is 1.78. The van der Waals surface area contributed by atoms with E-state index in [1.807, 2.05) is 18.3 Å². The zero-order valence-electron chi connectivity index (χ0n) is 5.46. The third-order valence-electron chi connectivity index (χ3n) is 1.18. The molecule has 2 heteroatoms. The average Bonchev–Trinajstić information content (AvgIpc) is 2.15. The van der Waals surface area contributed by atoms with Crippen LogP contribution in [0.25, 0.3) is 0 Å². The molecule has 2 N–H and O–H groups in total. The van der Waals surface area contributed by atoms with Gasteiger partial charge in [-0.15, -0.1) is 0 Å². The van der Waals surface area contributed by atoms with Gasteiger partial charge in [-0.05, 0) is 19.1 Å². The summed E-state index contributed by atoms with van der Waals surface area (Å²) >= 11 is 0. The van der Waals surface area contributed by atoms with Crippen LogP contribution in [0.5, 0.6) is 0 Å². The van der Waals surface area contributed by atoms with Crippen molar-refractivity contribution in [2.45, 2.75) is 19.4 Å². The molecule has 50 valence electrons. The van der Waals surface area contributed by atoms with Gasteiger partial charge in [-0.1, -0.05) is 0 Å². The standard InChI is InChI=1S/C7H11NO/c1-6(9)5-7-3-2-4-8-7/h2-4,6,8-9H,5H2,1H3/t6-/m1/s1. The predicted octanol–water partition coefficient (Wildman–Crippen LogP) is 0.938. The maximum absolute atomic E-state index is 8.90. The van der Waals surface area contributed by atoms with Crippen LogP contribution in [0.3, 0.4) is 0 Å². The van der Waals surface area contributed by atoms with Gasteiger partial charge in [0.15, 0.2) is 0 Å². The van der Waals surface area contributed by atoms with E-state index in [-0.39, 0.29) is 6.10 Å². The zero-order chi connectivity index (χ0) is 6.69. The van der Waals surface area contributed by atoms with Gasteiger partial charge in [-0.25, -0.2) is 0 Å². The summed E-state index contributed by atoms with van der Waals surface area (Å²) in [6, 6.07) is 3.89. The number of hydrogen-bond donors (Lipinski definition) is 2. The highest BCUT2D eigenvalue weighted by molar-refractivity contribution is 5.04. The number of rotatable bonds is 2. The normalized spacial score (nSPS) is 13.6. The highest BCUT2D eigenvalue weighted by Crippen LogP contribution is 1.98. The van der Waals surface area contributed by atoms with Crippen LogP contribution in [-0.2, 0) is 6.42 Å². The molecule has 0 aliphatic carbocycles. The second-order valence-electron chi connectivity index (χ2n) is 2.25. The van der Waals surface area contributed by atoms with Gasteiger partial charge in [-0.3, -0.25) is 0 Å². The van der Waals surface area contributed by atoms with Crippen LogP contribution in [0, 0.1) is 0 Å². The molecule has 0 fully saturated rings. The molecule has 0 spiro atoms. The van der Waals surface area contributed by atoms with Crippen molar-refractivity contribution in [2.24, 2.45) is 0 Å². The molecule has 0 aromatic carbocycles. The minimum atomic E-state index is -0.247. The SMILES string of the molecule is C[C@@H](O)Cc1ccc[nH]1.